The van der Waals surface area contributed by atoms with Crippen molar-refractivity contribution in [1.29, 1.82) is 0 Å². The number of carbonyl (C=O) groups is 3. The van der Waals surface area contributed by atoms with Gasteiger partial charge < -0.3 is 9.47 Å². The van der Waals surface area contributed by atoms with Gasteiger partial charge in [-0.3, -0.25) is 14.4 Å². The lowest BCUT2D eigenvalue weighted by atomic mass is 9.47. The summed E-state index contributed by atoms with van der Waals surface area (Å²) in [4.78, 5) is 37.6. The van der Waals surface area contributed by atoms with E-state index in [0.717, 1.165) is 18.4 Å². The maximum absolute atomic E-state index is 13.2. The summed E-state index contributed by atoms with van der Waals surface area (Å²) >= 11 is 0.610. The number of carbonyl (C=O) groups excluding carboxylic acids is 3. The molecule has 0 aromatic heterocycles. The Labute approximate surface area is 186 Å². The summed E-state index contributed by atoms with van der Waals surface area (Å²) in [6.07, 6.45) is 8.95. The van der Waals surface area contributed by atoms with Gasteiger partial charge in [0, 0.05) is 23.7 Å². The van der Waals surface area contributed by atoms with Gasteiger partial charge in [-0.1, -0.05) is 31.6 Å². The number of alkyl halides is 1. The van der Waals surface area contributed by atoms with Crippen molar-refractivity contribution in [2.24, 2.45) is 22.7 Å². The molecule has 0 aromatic rings. The van der Waals surface area contributed by atoms with Crippen LogP contribution in [0.2, 0.25) is 0 Å². The van der Waals surface area contributed by atoms with E-state index in [4.69, 9.17) is 9.47 Å². The van der Waals surface area contributed by atoms with Crippen LogP contribution in [0.25, 0.3) is 0 Å². The van der Waals surface area contributed by atoms with Gasteiger partial charge in [-0.2, -0.15) is 0 Å². The average Bonchev–Trinajstić information content (AvgIpc) is 3.38. The first-order valence-electron chi connectivity index (χ1n) is 11.2. The van der Waals surface area contributed by atoms with Gasteiger partial charge in [0.25, 0.3) is 0 Å². The summed E-state index contributed by atoms with van der Waals surface area (Å²) in [6, 6.07) is -0.832. The van der Waals surface area contributed by atoms with Crippen molar-refractivity contribution in [3.63, 3.8) is 0 Å². The highest BCUT2D eigenvalue weighted by Gasteiger charge is 2.81. The largest absolute Gasteiger partial charge is 0.449 e. The van der Waals surface area contributed by atoms with E-state index in [-0.39, 0.29) is 46.3 Å². The molecule has 1 heterocycles. The van der Waals surface area contributed by atoms with Gasteiger partial charge in [-0.25, -0.2) is 4.39 Å². The van der Waals surface area contributed by atoms with Gasteiger partial charge in [-0.15, -0.1) is 0 Å². The minimum absolute atomic E-state index is 0.0775. The highest BCUT2D eigenvalue weighted by Crippen LogP contribution is 2.76. The van der Waals surface area contributed by atoms with Crippen molar-refractivity contribution < 1.29 is 28.2 Å². The van der Waals surface area contributed by atoms with E-state index >= 15 is 0 Å². The molecule has 1 spiro atoms. The van der Waals surface area contributed by atoms with E-state index < -0.39 is 23.0 Å². The molecule has 31 heavy (non-hydrogen) atoms. The fraction of sp³-hybridized carbons (Fsp3) is 0.708. The number of hydrogen-bond donors (Lipinski definition) is 0. The molecule has 0 amide bonds. The maximum atomic E-state index is 13.2. The predicted octanol–water partition coefficient (Wildman–Crippen LogP) is 4.30. The second kappa shape index (κ2) is 6.77. The first-order chi connectivity index (χ1) is 14.7. The summed E-state index contributed by atoms with van der Waals surface area (Å²) in [7, 11) is 0. The molecule has 5 aliphatic rings. The first-order valence-corrected chi connectivity index (χ1v) is 12.2. The Hall–Kier alpha value is -1.47. The van der Waals surface area contributed by atoms with Crippen molar-refractivity contribution in [2.45, 2.75) is 76.6 Å². The molecule has 1 aliphatic heterocycles. The SMILES string of the molecule is CCC(=O)OC1(C(=O)SCF)CCC2C3CC=C4CC(=O)C=CC4(C)[C@@]34O[C@H]4CC21C. The molecule has 168 valence electrons. The zero-order valence-electron chi connectivity index (χ0n) is 18.2. The minimum atomic E-state index is -1.32. The fourth-order valence-corrected chi connectivity index (χ4v) is 8.23. The standard InChI is InChI=1S/C24H29FO5S/c1-4-19(27)30-23(20(28)31-13-25)10-8-16-17-6-5-14-11-15(26)7-9-21(14,2)24(17)18(29-24)12-22(16,23)3/h5,7,9,16-18H,4,6,8,10-13H2,1-3H3/t16?,17?,18-,21?,22?,23?,24+/m0/s1. The summed E-state index contributed by atoms with van der Waals surface area (Å²) in [5.41, 5.74) is -1.50. The fourth-order valence-electron chi connectivity index (χ4n) is 7.52. The van der Waals surface area contributed by atoms with Gasteiger partial charge in [-0.05, 0) is 62.3 Å². The summed E-state index contributed by atoms with van der Waals surface area (Å²) < 4.78 is 25.6. The summed E-state index contributed by atoms with van der Waals surface area (Å²) in [5.74, 6) is -0.0275. The topological polar surface area (TPSA) is 73.0 Å². The van der Waals surface area contributed by atoms with Gasteiger partial charge >= 0.3 is 5.97 Å². The lowest BCUT2D eigenvalue weighted by Gasteiger charge is -2.55. The number of allylic oxidation sites excluding steroid dienone is 2. The molecule has 1 saturated heterocycles. The molecule has 5 unspecified atom stereocenters. The smallest absolute Gasteiger partial charge is 0.306 e. The molecule has 5 nitrogen and oxygen atoms in total. The third-order valence-corrected chi connectivity index (χ3v) is 9.81. The number of hydrogen-bond acceptors (Lipinski definition) is 6. The zero-order valence-corrected chi connectivity index (χ0v) is 19.1. The maximum Gasteiger partial charge on any atom is 0.306 e. The molecule has 0 bridgehead atoms. The van der Waals surface area contributed by atoms with Crippen LogP contribution in [-0.2, 0) is 23.9 Å². The van der Waals surface area contributed by atoms with Crippen LogP contribution >= 0.6 is 11.8 Å². The molecule has 4 aliphatic carbocycles. The Morgan fingerprint density at radius 2 is 2.10 bits per heavy atom. The number of fused-ring (bicyclic) bond motifs is 3. The number of esters is 1. The monoisotopic (exact) mass is 448 g/mol. The van der Waals surface area contributed by atoms with Gasteiger partial charge in [0.1, 0.15) is 11.6 Å². The van der Waals surface area contributed by atoms with Crippen LogP contribution in [0, 0.1) is 22.7 Å². The van der Waals surface area contributed by atoms with Crippen molar-refractivity contribution in [3.05, 3.63) is 23.8 Å². The number of ether oxygens (including phenoxy) is 2. The number of epoxide rings is 1. The van der Waals surface area contributed by atoms with E-state index in [9.17, 15) is 18.8 Å². The van der Waals surface area contributed by atoms with E-state index in [1.807, 2.05) is 13.0 Å². The highest BCUT2D eigenvalue weighted by atomic mass is 32.2. The van der Waals surface area contributed by atoms with Gasteiger partial charge in [0.2, 0.25) is 5.12 Å². The first kappa shape index (κ1) is 21.4. The molecular formula is C24H29FO5S. The van der Waals surface area contributed by atoms with Crippen LogP contribution in [0.5, 0.6) is 0 Å². The normalized spacial score (nSPS) is 46.9. The summed E-state index contributed by atoms with van der Waals surface area (Å²) in [6.45, 7) is 5.91. The molecule has 0 N–H and O–H groups in total. The van der Waals surface area contributed by atoms with Crippen LogP contribution in [0.4, 0.5) is 4.39 Å². The third-order valence-electron chi connectivity index (χ3n) is 9.11. The Bertz CT molecular complexity index is 929. The molecule has 5 rings (SSSR count). The Kier molecular flexibility index (Phi) is 4.67. The average molecular weight is 449 g/mol. The van der Waals surface area contributed by atoms with E-state index in [2.05, 4.69) is 13.0 Å². The minimum Gasteiger partial charge on any atom is -0.449 e. The number of thioether (sulfide) groups is 1. The molecule has 0 aromatic carbocycles. The van der Waals surface area contributed by atoms with Crippen molar-refractivity contribution in [3.8, 4) is 0 Å². The Morgan fingerprint density at radius 1 is 1.32 bits per heavy atom. The number of halogens is 1. The molecule has 0 radical (unpaired) electrons. The van der Waals surface area contributed by atoms with Crippen molar-refractivity contribution >= 4 is 28.6 Å². The second-order valence-electron chi connectivity index (χ2n) is 10.1. The Morgan fingerprint density at radius 3 is 2.81 bits per heavy atom. The second-order valence-corrected chi connectivity index (χ2v) is 11.0. The third kappa shape index (κ3) is 2.51. The Balaban J connectivity index is 1.57. The van der Waals surface area contributed by atoms with Gasteiger partial charge in [0.05, 0.1) is 6.10 Å². The van der Waals surface area contributed by atoms with Crippen LogP contribution in [0.15, 0.2) is 23.8 Å². The van der Waals surface area contributed by atoms with E-state index in [1.165, 1.54) is 0 Å². The number of rotatable bonds is 4. The van der Waals surface area contributed by atoms with Crippen LogP contribution in [-0.4, -0.2) is 40.2 Å². The van der Waals surface area contributed by atoms with E-state index in [0.29, 0.717) is 31.0 Å². The lowest BCUT2D eigenvalue weighted by Crippen LogP contribution is -2.61. The van der Waals surface area contributed by atoms with Crippen molar-refractivity contribution in [2.75, 3.05) is 6.01 Å². The molecule has 7 atom stereocenters. The predicted molar refractivity (Wildman–Crippen MR) is 114 cm³/mol. The van der Waals surface area contributed by atoms with Crippen LogP contribution in [0.3, 0.4) is 0 Å². The highest BCUT2D eigenvalue weighted by molar-refractivity contribution is 8.13. The summed E-state index contributed by atoms with van der Waals surface area (Å²) in [5, 5.41) is -0.378. The zero-order chi connectivity index (χ0) is 22.2. The van der Waals surface area contributed by atoms with Crippen LogP contribution in [0.1, 0.15) is 59.3 Å². The molecule has 2 saturated carbocycles. The molecule has 3 fully saturated rings. The van der Waals surface area contributed by atoms with E-state index in [1.54, 1.807) is 13.0 Å². The molecular weight excluding hydrogens is 419 g/mol. The van der Waals surface area contributed by atoms with Gasteiger partial charge in [0.15, 0.2) is 11.4 Å². The lowest BCUT2D eigenvalue weighted by molar-refractivity contribution is -0.181. The number of ketones is 1. The van der Waals surface area contributed by atoms with Crippen LogP contribution < -0.4 is 0 Å². The quantitative estimate of drug-likeness (QED) is 0.363. The van der Waals surface area contributed by atoms with Crippen molar-refractivity contribution in [1.82, 2.24) is 0 Å². The molecule has 7 heteroatoms.